The SMILES string of the molecule is CCc1cc(C=O)cc(C#N)c1C(C)=O. The van der Waals surface area contributed by atoms with E-state index in [-0.39, 0.29) is 11.3 Å². The summed E-state index contributed by atoms with van der Waals surface area (Å²) >= 11 is 0. The number of aryl methyl sites for hydroxylation is 1. The Labute approximate surface area is 88.3 Å². The molecule has 0 aromatic heterocycles. The number of nitriles is 1. The molecule has 0 atom stereocenters. The highest BCUT2D eigenvalue weighted by molar-refractivity contribution is 5.99. The quantitative estimate of drug-likeness (QED) is 0.556. The van der Waals surface area contributed by atoms with Crippen LogP contribution in [0.5, 0.6) is 0 Å². The average Bonchev–Trinajstić information content (AvgIpc) is 2.26. The minimum atomic E-state index is -0.138. The molecule has 0 amide bonds. The van der Waals surface area contributed by atoms with Gasteiger partial charge in [-0.25, -0.2) is 0 Å². The molecular weight excluding hydrogens is 190 g/mol. The van der Waals surface area contributed by atoms with Gasteiger partial charge in [0.2, 0.25) is 0 Å². The number of nitrogens with zero attached hydrogens (tertiary/aromatic N) is 1. The van der Waals surface area contributed by atoms with Gasteiger partial charge in [0, 0.05) is 11.1 Å². The lowest BCUT2D eigenvalue weighted by molar-refractivity contribution is 0.101. The molecule has 0 spiro atoms. The minimum Gasteiger partial charge on any atom is -0.298 e. The fraction of sp³-hybridized carbons (Fsp3) is 0.250. The Balaban J connectivity index is 3.55. The lowest BCUT2D eigenvalue weighted by atomic mass is 9.94. The number of Topliss-reactive ketones (excluding diaryl/α,β-unsaturated/α-hetero) is 1. The van der Waals surface area contributed by atoms with Crippen molar-refractivity contribution in [3.05, 3.63) is 34.4 Å². The molecule has 1 rings (SSSR count). The van der Waals surface area contributed by atoms with E-state index in [0.29, 0.717) is 23.8 Å². The number of hydrogen-bond acceptors (Lipinski definition) is 3. The molecular formula is C12H11NO2. The summed E-state index contributed by atoms with van der Waals surface area (Å²) in [5.41, 5.74) is 1.91. The van der Waals surface area contributed by atoms with Crippen molar-refractivity contribution < 1.29 is 9.59 Å². The van der Waals surface area contributed by atoms with Crippen LogP contribution in [0.3, 0.4) is 0 Å². The Morgan fingerprint density at radius 2 is 2.20 bits per heavy atom. The van der Waals surface area contributed by atoms with Gasteiger partial charge in [-0.15, -0.1) is 0 Å². The molecule has 3 heteroatoms. The van der Waals surface area contributed by atoms with Gasteiger partial charge >= 0.3 is 0 Å². The Bertz CT molecular complexity index is 455. The molecule has 0 aliphatic rings. The van der Waals surface area contributed by atoms with Gasteiger partial charge in [-0.05, 0) is 31.0 Å². The van der Waals surface area contributed by atoms with Crippen LogP contribution < -0.4 is 0 Å². The van der Waals surface area contributed by atoms with Crippen molar-refractivity contribution in [3.8, 4) is 6.07 Å². The van der Waals surface area contributed by atoms with Crippen molar-refractivity contribution in [1.82, 2.24) is 0 Å². The van der Waals surface area contributed by atoms with Crippen LogP contribution in [0.1, 0.15) is 45.7 Å². The molecule has 76 valence electrons. The number of aldehydes is 1. The molecule has 0 aliphatic carbocycles. The highest BCUT2D eigenvalue weighted by atomic mass is 16.1. The molecule has 3 nitrogen and oxygen atoms in total. The normalized spacial score (nSPS) is 9.40. The molecule has 0 saturated heterocycles. The predicted molar refractivity (Wildman–Crippen MR) is 55.9 cm³/mol. The van der Waals surface area contributed by atoms with E-state index in [1.165, 1.54) is 13.0 Å². The molecule has 0 radical (unpaired) electrons. The number of hydrogen-bond donors (Lipinski definition) is 0. The maximum absolute atomic E-state index is 11.4. The molecule has 0 saturated carbocycles. The van der Waals surface area contributed by atoms with Gasteiger partial charge in [0.25, 0.3) is 0 Å². The van der Waals surface area contributed by atoms with Gasteiger partial charge in [-0.1, -0.05) is 6.92 Å². The fourth-order valence-corrected chi connectivity index (χ4v) is 1.58. The summed E-state index contributed by atoms with van der Waals surface area (Å²) in [6, 6.07) is 5.05. The molecule has 0 N–H and O–H groups in total. The van der Waals surface area contributed by atoms with Gasteiger partial charge in [0.05, 0.1) is 11.6 Å². The fourth-order valence-electron chi connectivity index (χ4n) is 1.58. The molecule has 15 heavy (non-hydrogen) atoms. The third-order valence-electron chi connectivity index (χ3n) is 2.23. The van der Waals surface area contributed by atoms with Crippen molar-refractivity contribution in [2.45, 2.75) is 20.3 Å². The number of carbonyl (C=O) groups excluding carboxylic acids is 2. The Kier molecular flexibility index (Phi) is 3.35. The first-order valence-electron chi connectivity index (χ1n) is 4.67. The smallest absolute Gasteiger partial charge is 0.161 e. The first-order chi connectivity index (χ1) is 7.13. The van der Waals surface area contributed by atoms with E-state index in [1.807, 2.05) is 13.0 Å². The zero-order chi connectivity index (χ0) is 11.4. The second-order valence-electron chi connectivity index (χ2n) is 3.24. The van der Waals surface area contributed by atoms with Crippen LogP contribution in [0.25, 0.3) is 0 Å². The molecule has 0 aliphatic heterocycles. The maximum atomic E-state index is 11.4. The molecule has 1 aromatic rings. The maximum Gasteiger partial charge on any atom is 0.161 e. The summed E-state index contributed by atoms with van der Waals surface area (Å²) < 4.78 is 0. The van der Waals surface area contributed by atoms with Crippen LogP contribution in [0.15, 0.2) is 12.1 Å². The van der Waals surface area contributed by atoms with Crippen LogP contribution in [-0.2, 0) is 6.42 Å². The van der Waals surface area contributed by atoms with Crippen LogP contribution in [0.2, 0.25) is 0 Å². The molecule has 0 unspecified atom stereocenters. The zero-order valence-electron chi connectivity index (χ0n) is 8.70. The van der Waals surface area contributed by atoms with E-state index in [2.05, 4.69) is 0 Å². The first kappa shape index (κ1) is 11.1. The van der Waals surface area contributed by atoms with Crippen molar-refractivity contribution in [2.24, 2.45) is 0 Å². The number of ketones is 1. The molecule has 1 aromatic carbocycles. The Morgan fingerprint density at radius 1 is 1.53 bits per heavy atom. The van der Waals surface area contributed by atoms with Crippen molar-refractivity contribution >= 4 is 12.1 Å². The highest BCUT2D eigenvalue weighted by Gasteiger charge is 2.13. The van der Waals surface area contributed by atoms with Gasteiger partial charge in [-0.3, -0.25) is 9.59 Å². The van der Waals surface area contributed by atoms with Crippen LogP contribution in [0.4, 0.5) is 0 Å². The van der Waals surface area contributed by atoms with E-state index in [4.69, 9.17) is 5.26 Å². The second kappa shape index (κ2) is 4.52. The third-order valence-corrected chi connectivity index (χ3v) is 2.23. The number of benzene rings is 1. The third kappa shape index (κ3) is 2.10. The summed E-state index contributed by atoms with van der Waals surface area (Å²) in [5, 5.41) is 8.89. The van der Waals surface area contributed by atoms with E-state index < -0.39 is 0 Å². The first-order valence-corrected chi connectivity index (χ1v) is 4.67. The van der Waals surface area contributed by atoms with Gasteiger partial charge in [0.15, 0.2) is 5.78 Å². The summed E-state index contributed by atoms with van der Waals surface area (Å²) in [6.07, 6.45) is 1.31. The van der Waals surface area contributed by atoms with Gasteiger partial charge in [0.1, 0.15) is 6.29 Å². The van der Waals surface area contributed by atoms with E-state index in [9.17, 15) is 9.59 Å². The monoisotopic (exact) mass is 201 g/mol. The van der Waals surface area contributed by atoms with E-state index in [1.54, 1.807) is 6.07 Å². The molecule has 0 heterocycles. The van der Waals surface area contributed by atoms with Gasteiger partial charge in [-0.2, -0.15) is 5.26 Å². The van der Waals surface area contributed by atoms with Crippen LogP contribution in [-0.4, -0.2) is 12.1 Å². The lowest BCUT2D eigenvalue weighted by Gasteiger charge is -2.07. The molecule has 0 bridgehead atoms. The van der Waals surface area contributed by atoms with Crippen LogP contribution >= 0.6 is 0 Å². The zero-order valence-corrected chi connectivity index (χ0v) is 8.70. The molecule has 0 fully saturated rings. The highest BCUT2D eigenvalue weighted by Crippen LogP contribution is 2.18. The average molecular weight is 201 g/mol. The summed E-state index contributed by atoms with van der Waals surface area (Å²) in [5.74, 6) is -0.138. The number of carbonyl (C=O) groups is 2. The number of rotatable bonds is 3. The topological polar surface area (TPSA) is 57.9 Å². The van der Waals surface area contributed by atoms with Gasteiger partial charge < -0.3 is 0 Å². The standard InChI is InChI=1S/C12H11NO2/c1-3-10-4-9(7-14)5-11(6-13)12(10)8(2)15/h4-5,7H,3H2,1-2H3. The van der Waals surface area contributed by atoms with Crippen molar-refractivity contribution in [2.75, 3.05) is 0 Å². The predicted octanol–water partition coefficient (Wildman–Crippen LogP) is 2.14. The van der Waals surface area contributed by atoms with Crippen molar-refractivity contribution in [1.29, 1.82) is 5.26 Å². The Morgan fingerprint density at radius 3 is 2.60 bits per heavy atom. The van der Waals surface area contributed by atoms with Crippen molar-refractivity contribution in [3.63, 3.8) is 0 Å². The summed E-state index contributed by atoms with van der Waals surface area (Å²) in [7, 11) is 0. The van der Waals surface area contributed by atoms with Crippen LogP contribution in [0, 0.1) is 11.3 Å². The largest absolute Gasteiger partial charge is 0.298 e. The summed E-state index contributed by atoms with van der Waals surface area (Å²) in [6.45, 7) is 3.31. The summed E-state index contributed by atoms with van der Waals surface area (Å²) in [4.78, 5) is 22.0. The van der Waals surface area contributed by atoms with E-state index >= 15 is 0 Å². The Hall–Kier alpha value is -1.95. The minimum absolute atomic E-state index is 0.138. The van der Waals surface area contributed by atoms with E-state index in [0.717, 1.165) is 5.56 Å². The second-order valence-corrected chi connectivity index (χ2v) is 3.24. The lowest BCUT2D eigenvalue weighted by Crippen LogP contribution is -2.04.